The fourth-order valence-electron chi connectivity index (χ4n) is 2.73. The molecule has 0 aliphatic rings. The van der Waals surface area contributed by atoms with Crippen molar-refractivity contribution in [1.29, 1.82) is 0 Å². The van der Waals surface area contributed by atoms with Crippen molar-refractivity contribution in [2.45, 2.75) is 17.4 Å². The van der Waals surface area contributed by atoms with E-state index in [0.717, 1.165) is 24.5 Å². The number of alkyl halides is 3. The van der Waals surface area contributed by atoms with Gasteiger partial charge in [0.25, 0.3) is 0 Å². The molecule has 0 saturated heterocycles. The maximum absolute atomic E-state index is 13.0. The number of nitrogens with one attached hydrogen (secondary N) is 1. The molecule has 0 amide bonds. The Morgan fingerprint density at radius 1 is 1.10 bits per heavy atom. The van der Waals surface area contributed by atoms with Gasteiger partial charge in [-0.2, -0.15) is 13.2 Å². The van der Waals surface area contributed by atoms with E-state index in [9.17, 15) is 26.7 Å². The topological polar surface area (TPSA) is 92.2 Å². The zero-order valence-electron chi connectivity index (χ0n) is 16.1. The molecule has 1 heterocycles. The number of hydrogen-bond acceptors (Lipinski definition) is 6. The monoisotopic (exact) mass is 471 g/mol. The van der Waals surface area contributed by atoms with Crippen molar-refractivity contribution < 1.29 is 26.7 Å². The lowest BCUT2D eigenvalue weighted by Gasteiger charge is -2.14. The summed E-state index contributed by atoms with van der Waals surface area (Å²) in [4.78, 5) is 7.89. The number of aliphatic hydroxyl groups is 1. The first-order valence-electron chi connectivity index (χ1n) is 8.88. The van der Waals surface area contributed by atoms with Crippen molar-refractivity contribution in [3.63, 3.8) is 0 Å². The van der Waals surface area contributed by atoms with Gasteiger partial charge in [-0.1, -0.05) is 48.0 Å². The highest BCUT2D eigenvalue weighted by atomic mass is 35.5. The minimum Gasteiger partial charge on any atom is -0.387 e. The van der Waals surface area contributed by atoms with E-state index in [1.165, 1.54) is 6.07 Å². The number of rotatable bonds is 6. The van der Waals surface area contributed by atoms with Crippen LogP contribution in [0.25, 0.3) is 11.3 Å². The van der Waals surface area contributed by atoms with Gasteiger partial charge in [-0.15, -0.1) is 0 Å². The van der Waals surface area contributed by atoms with Gasteiger partial charge in [0.05, 0.1) is 22.4 Å². The second-order valence-electron chi connectivity index (χ2n) is 6.69. The molecular formula is C20H17ClF3N3O3S. The molecule has 0 radical (unpaired) electrons. The van der Waals surface area contributed by atoms with Gasteiger partial charge in [-0.3, -0.25) is 0 Å². The SMILES string of the molecule is CS(=O)(=O)c1nc(NCC(O)c2ccccc2)cc(-c2ccc(C(F)(F)F)c(Cl)c2)n1. The fraction of sp³-hybridized carbons (Fsp3) is 0.200. The van der Waals surface area contributed by atoms with E-state index in [1.54, 1.807) is 30.3 Å². The molecular weight excluding hydrogens is 455 g/mol. The number of hydrogen-bond donors (Lipinski definition) is 2. The third-order valence-electron chi connectivity index (χ3n) is 4.27. The molecule has 1 unspecified atom stereocenters. The second kappa shape index (κ2) is 8.81. The first-order valence-corrected chi connectivity index (χ1v) is 11.2. The molecule has 6 nitrogen and oxygen atoms in total. The lowest BCUT2D eigenvalue weighted by Crippen LogP contribution is -2.15. The van der Waals surface area contributed by atoms with Crippen LogP contribution in [0, 0.1) is 0 Å². The molecule has 3 rings (SSSR count). The van der Waals surface area contributed by atoms with Gasteiger partial charge < -0.3 is 10.4 Å². The highest BCUT2D eigenvalue weighted by Gasteiger charge is 2.33. The van der Waals surface area contributed by atoms with Gasteiger partial charge in [0, 0.05) is 24.4 Å². The first-order chi connectivity index (χ1) is 14.4. The number of sulfone groups is 1. The van der Waals surface area contributed by atoms with Crippen molar-refractivity contribution in [2.24, 2.45) is 0 Å². The molecule has 2 N–H and O–H groups in total. The maximum atomic E-state index is 13.0. The molecule has 0 spiro atoms. The summed E-state index contributed by atoms with van der Waals surface area (Å²) in [6.45, 7) is 0.0113. The van der Waals surface area contributed by atoms with Crippen LogP contribution >= 0.6 is 11.6 Å². The van der Waals surface area contributed by atoms with Crippen LogP contribution in [-0.4, -0.2) is 36.3 Å². The zero-order chi connectivity index (χ0) is 22.8. The molecule has 1 atom stereocenters. The third-order valence-corrected chi connectivity index (χ3v) is 5.43. The number of aliphatic hydroxyl groups excluding tert-OH is 1. The van der Waals surface area contributed by atoms with Gasteiger partial charge >= 0.3 is 6.18 Å². The molecule has 0 aliphatic heterocycles. The average molecular weight is 472 g/mol. The second-order valence-corrected chi connectivity index (χ2v) is 9.01. The molecule has 164 valence electrons. The molecule has 0 fully saturated rings. The fourth-order valence-corrected chi connectivity index (χ4v) is 3.54. The number of halogens is 4. The lowest BCUT2D eigenvalue weighted by atomic mass is 10.1. The minimum atomic E-state index is -4.63. The van der Waals surface area contributed by atoms with E-state index in [1.807, 2.05) is 0 Å². The molecule has 0 saturated carbocycles. The van der Waals surface area contributed by atoms with Crippen molar-refractivity contribution in [2.75, 3.05) is 18.1 Å². The van der Waals surface area contributed by atoms with E-state index < -0.39 is 37.9 Å². The molecule has 1 aromatic heterocycles. The first kappa shape index (κ1) is 23.0. The maximum Gasteiger partial charge on any atom is 0.417 e. The van der Waals surface area contributed by atoms with Gasteiger partial charge in [0.1, 0.15) is 5.82 Å². The molecule has 3 aromatic rings. The normalized spacial score (nSPS) is 13.1. The Hall–Kier alpha value is -2.69. The van der Waals surface area contributed by atoms with Crippen molar-refractivity contribution in [1.82, 2.24) is 9.97 Å². The van der Waals surface area contributed by atoms with Crippen LogP contribution in [0.2, 0.25) is 5.02 Å². The summed E-state index contributed by atoms with van der Waals surface area (Å²) in [5.74, 6) is 0.0800. The number of aromatic nitrogens is 2. The lowest BCUT2D eigenvalue weighted by molar-refractivity contribution is -0.137. The molecule has 31 heavy (non-hydrogen) atoms. The van der Waals surface area contributed by atoms with E-state index in [-0.39, 0.29) is 23.6 Å². The molecule has 0 bridgehead atoms. The van der Waals surface area contributed by atoms with Crippen LogP contribution < -0.4 is 5.32 Å². The van der Waals surface area contributed by atoms with E-state index in [2.05, 4.69) is 15.3 Å². The van der Waals surface area contributed by atoms with E-state index >= 15 is 0 Å². The number of nitrogens with zero attached hydrogens (tertiary/aromatic N) is 2. The summed E-state index contributed by atoms with van der Waals surface area (Å²) in [5, 5.41) is 12.1. The zero-order valence-corrected chi connectivity index (χ0v) is 17.6. The average Bonchev–Trinajstić information content (AvgIpc) is 2.70. The minimum absolute atomic E-state index is 0.0113. The Morgan fingerprint density at radius 2 is 1.77 bits per heavy atom. The Kier molecular flexibility index (Phi) is 6.54. The Balaban J connectivity index is 1.95. The summed E-state index contributed by atoms with van der Waals surface area (Å²) < 4.78 is 62.9. The van der Waals surface area contributed by atoms with Gasteiger partial charge in [-0.25, -0.2) is 18.4 Å². The summed E-state index contributed by atoms with van der Waals surface area (Å²) in [5.41, 5.74) is -0.138. The largest absolute Gasteiger partial charge is 0.417 e. The summed E-state index contributed by atoms with van der Waals surface area (Å²) in [6, 6.07) is 13.1. The molecule has 11 heteroatoms. The van der Waals surface area contributed by atoms with Crippen molar-refractivity contribution >= 4 is 27.3 Å². The van der Waals surface area contributed by atoms with E-state index in [4.69, 9.17) is 11.6 Å². The Bertz CT molecular complexity index is 1190. The van der Waals surface area contributed by atoms with Crippen LogP contribution in [0.5, 0.6) is 0 Å². The number of benzene rings is 2. The van der Waals surface area contributed by atoms with Crippen LogP contribution in [0.3, 0.4) is 0 Å². The quantitative estimate of drug-likeness (QED) is 0.519. The Labute approximate surface area is 181 Å². The standard InChI is InChI=1S/C20H17ClF3N3O3S/c1-31(29,30)19-26-16(13-7-8-14(15(21)9-13)20(22,23)24)10-18(27-19)25-11-17(28)12-5-3-2-4-6-12/h2-10,17,28H,11H2,1H3,(H,25,26,27). The third kappa shape index (κ3) is 5.72. The van der Waals surface area contributed by atoms with Gasteiger partial charge in [0.15, 0.2) is 0 Å². The van der Waals surface area contributed by atoms with Gasteiger partial charge in [-0.05, 0) is 17.7 Å². The van der Waals surface area contributed by atoms with Crippen LogP contribution in [0.1, 0.15) is 17.2 Å². The van der Waals surface area contributed by atoms with E-state index in [0.29, 0.717) is 5.56 Å². The van der Waals surface area contributed by atoms with Crippen molar-refractivity contribution in [3.05, 3.63) is 70.7 Å². The summed E-state index contributed by atoms with van der Waals surface area (Å²) >= 11 is 5.77. The van der Waals surface area contributed by atoms with Crippen LogP contribution in [0.4, 0.5) is 19.0 Å². The summed E-state index contributed by atoms with van der Waals surface area (Å²) in [6.07, 6.45) is -4.62. The predicted molar refractivity (Wildman–Crippen MR) is 110 cm³/mol. The van der Waals surface area contributed by atoms with Gasteiger partial charge in [0.2, 0.25) is 15.0 Å². The highest BCUT2D eigenvalue weighted by Crippen LogP contribution is 2.36. The van der Waals surface area contributed by atoms with Crippen molar-refractivity contribution in [3.8, 4) is 11.3 Å². The smallest absolute Gasteiger partial charge is 0.387 e. The van der Waals surface area contributed by atoms with Crippen LogP contribution in [0.15, 0.2) is 59.8 Å². The Morgan fingerprint density at radius 3 is 2.35 bits per heavy atom. The summed E-state index contributed by atoms with van der Waals surface area (Å²) in [7, 11) is -3.83. The molecule has 2 aromatic carbocycles. The highest BCUT2D eigenvalue weighted by molar-refractivity contribution is 7.90. The predicted octanol–water partition coefficient (Wildman–Crippen LogP) is 4.36. The molecule has 0 aliphatic carbocycles. The van der Waals surface area contributed by atoms with Crippen LogP contribution in [-0.2, 0) is 16.0 Å². The number of anilines is 1.